The van der Waals surface area contributed by atoms with Crippen molar-refractivity contribution in [3.8, 4) is 0 Å². The molecule has 0 unspecified atom stereocenters. The smallest absolute Gasteiger partial charge is 0.313 e. The van der Waals surface area contributed by atoms with Crippen molar-refractivity contribution in [2.24, 2.45) is 5.92 Å². The molecule has 0 bridgehead atoms. The zero-order valence-corrected chi connectivity index (χ0v) is 11.6. The summed E-state index contributed by atoms with van der Waals surface area (Å²) in [5.41, 5.74) is -0.0321. The second-order valence-corrected chi connectivity index (χ2v) is 5.26. The SMILES string of the molecule is O=C(NC[C@H]1CCCC[C@H]1O)C(=O)Nc1ccccc1F. The van der Waals surface area contributed by atoms with Gasteiger partial charge >= 0.3 is 11.8 Å². The van der Waals surface area contributed by atoms with Crippen LogP contribution >= 0.6 is 0 Å². The maximum absolute atomic E-state index is 13.4. The fourth-order valence-corrected chi connectivity index (χ4v) is 2.47. The molecule has 2 atom stereocenters. The van der Waals surface area contributed by atoms with Gasteiger partial charge in [-0.3, -0.25) is 9.59 Å². The summed E-state index contributed by atoms with van der Waals surface area (Å²) in [6, 6.07) is 5.64. The van der Waals surface area contributed by atoms with Gasteiger partial charge in [-0.15, -0.1) is 0 Å². The van der Waals surface area contributed by atoms with E-state index < -0.39 is 23.7 Å². The number of carbonyl (C=O) groups excluding carboxylic acids is 2. The summed E-state index contributed by atoms with van der Waals surface area (Å²) in [6.45, 7) is 0.255. The molecular formula is C15H19FN2O3. The van der Waals surface area contributed by atoms with Gasteiger partial charge in [0.15, 0.2) is 0 Å². The zero-order chi connectivity index (χ0) is 15.2. The highest BCUT2D eigenvalue weighted by molar-refractivity contribution is 6.39. The van der Waals surface area contributed by atoms with Crippen molar-refractivity contribution < 1.29 is 19.1 Å². The predicted octanol–water partition coefficient (Wildman–Crippen LogP) is 1.43. The van der Waals surface area contributed by atoms with Gasteiger partial charge in [-0.25, -0.2) is 4.39 Å². The summed E-state index contributed by atoms with van der Waals surface area (Å²) in [4.78, 5) is 23.3. The van der Waals surface area contributed by atoms with Crippen molar-refractivity contribution in [2.45, 2.75) is 31.8 Å². The van der Waals surface area contributed by atoms with Gasteiger partial charge in [-0.1, -0.05) is 25.0 Å². The van der Waals surface area contributed by atoms with E-state index in [-0.39, 0.29) is 18.2 Å². The molecular weight excluding hydrogens is 275 g/mol. The van der Waals surface area contributed by atoms with E-state index in [1.807, 2.05) is 0 Å². The van der Waals surface area contributed by atoms with E-state index >= 15 is 0 Å². The molecule has 114 valence electrons. The van der Waals surface area contributed by atoms with E-state index in [4.69, 9.17) is 0 Å². The van der Waals surface area contributed by atoms with Crippen LogP contribution in [-0.4, -0.2) is 29.6 Å². The van der Waals surface area contributed by atoms with Crippen LogP contribution in [0.2, 0.25) is 0 Å². The van der Waals surface area contributed by atoms with E-state index in [2.05, 4.69) is 10.6 Å². The standard InChI is InChI=1S/C15H19FN2O3/c16-11-6-2-3-7-12(11)18-15(21)14(20)17-9-10-5-1-4-8-13(10)19/h2-3,6-7,10,13,19H,1,4-5,8-9H2,(H,17,20)(H,18,21)/t10-,13-/m1/s1. The number of aliphatic hydroxyl groups excluding tert-OH is 1. The van der Waals surface area contributed by atoms with E-state index in [9.17, 15) is 19.1 Å². The number of hydrogen-bond acceptors (Lipinski definition) is 3. The van der Waals surface area contributed by atoms with Gasteiger partial charge in [0.25, 0.3) is 0 Å². The third kappa shape index (κ3) is 4.26. The number of amides is 2. The van der Waals surface area contributed by atoms with Gasteiger partial charge in [0.2, 0.25) is 0 Å². The number of rotatable bonds is 3. The van der Waals surface area contributed by atoms with Crippen LogP contribution in [-0.2, 0) is 9.59 Å². The van der Waals surface area contributed by atoms with Gasteiger partial charge in [-0.2, -0.15) is 0 Å². The van der Waals surface area contributed by atoms with E-state index in [1.165, 1.54) is 18.2 Å². The predicted molar refractivity (Wildman–Crippen MR) is 76.0 cm³/mol. The molecule has 0 aromatic heterocycles. The second-order valence-electron chi connectivity index (χ2n) is 5.26. The lowest BCUT2D eigenvalue weighted by molar-refractivity contribution is -0.136. The first-order valence-corrected chi connectivity index (χ1v) is 7.09. The Morgan fingerprint density at radius 1 is 1.19 bits per heavy atom. The third-order valence-electron chi connectivity index (χ3n) is 3.72. The number of carbonyl (C=O) groups is 2. The number of hydrogen-bond donors (Lipinski definition) is 3. The minimum Gasteiger partial charge on any atom is -0.393 e. The van der Waals surface area contributed by atoms with E-state index in [0.29, 0.717) is 0 Å². The summed E-state index contributed by atoms with van der Waals surface area (Å²) >= 11 is 0. The average Bonchev–Trinajstić information content (AvgIpc) is 2.48. The Bertz CT molecular complexity index is 521. The van der Waals surface area contributed by atoms with Crippen molar-refractivity contribution in [1.82, 2.24) is 5.32 Å². The molecule has 0 saturated heterocycles. The van der Waals surface area contributed by atoms with Crippen LogP contribution in [0.3, 0.4) is 0 Å². The van der Waals surface area contributed by atoms with Crippen LogP contribution < -0.4 is 10.6 Å². The third-order valence-corrected chi connectivity index (χ3v) is 3.72. The number of nitrogens with one attached hydrogen (secondary N) is 2. The summed E-state index contributed by atoms with van der Waals surface area (Å²) in [7, 11) is 0. The Kier molecular flexibility index (Phi) is 5.27. The van der Waals surface area contributed by atoms with Gasteiger partial charge < -0.3 is 15.7 Å². The summed E-state index contributed by atoms with van der Waals surface area (Å²) < 4.78 is 13.4. The van der Waals surface area contributed by atoms with Crippen LogP contribution in [0.5, 0.6) is 0 Å². The molecule has 1 aliphatic carbocycles. The molecule has 6 heteroatoms. The molecule has 0 heterocycles. The molecule has 1 saturated carbocycles. The highest BCUT2D eigenvalue weighted by atomic mass is 19.1. The first-order chi connectivity index (χ1) is 10.1. The normalized spacial score (nSPS) is 21.6. The maximum atomic E-state index is 13.4. The Hall–Kier alpha value is -1.95. The van der Waals surface area contributed by atoms with Crippen LogP contribution in [0.4, 0.5) is 10.1 Å². The van der Waals surface area contributed by atoms with E-state index in [1.54, 1.807) is 6.07 Å². The summed E-state index contributed by atoms with van der Waals surface area (Å²) in [6.07, 6.45) is 3.12. The molecule has 1 aliphatic rings. The minimum absolute atomic E-state index is 0.0241. The lowest BCUT2D eigenvalue weighted by Crippen LogP contribution is -2.41. The summed E-state index contributed by atoms with van der Waals surface area (Å²) in [5, 5.41) is 14.5. The molecule has 1 aromatic rings. The van der Waals surface area contributed by atoms with Crippen LogP contribution in [0.15, 0.2) is 24.3 Å². The van der Waals surface area contributed by atoms with Crippen LogP contribution in [0.25, 0.3) is 0 Å². The van der Waals surface area contributed by atoms with Crippen molar-refractivity contribution in [3.05, 3.63) is 30.1 Å². The lowest BCUT2D eigenvalue weighted by atomic mass is 9.86. The molecule has 5 nitrogen and oxygen atoms in total. The first-order valence-electron chi connectivity index (χ1n) is 7.09. The first kappa shape index (κ1) is 15.4. The minimum atomic E-state index is -0.912. The maximum Gasteiger partial charge on any atom is 0.313 e. The number of anilines is 1. The zero-order valence-electron chi connectivity index (χ0n) is 11.6. The molecule has 0 radical (unpaired) electrons. The Labute approximate surface area is 122 Å². The second kappa shape index (κ2) is 7.17. The average molecular weight is 294 g/mol. The monoisotopic (exact) mass is 294 g/mol. The van der Waals surface area contributed by atoms with Crippen LogP contribution in [0.1, 0.15) is 25.7 Å². The topological polar surface area (TPSA) is 78.4 Å². The van der Waals surface area contributed by atoms with Crippen LogP contribution in [0, 0.1) is 11.7 Å². The van der Waals surface area contributed by atoms with Gasteiger partial charge in [0.05, 0.1) is 11.8 Å². The fourth-order valence-electron chi connectivity index (χ4n) is 2.47. The van der Waals surface area contributed by atoms with Crippen molar-refractivity contribution in [3.63, 3.8) is 0 Å². The molecule has 0 spiro atoms. The highest BCUT2D eigenvalue weighted by Gasteiger charge is 2.24. The summed E-state index contributed by atoms with van der Waals surface area (Å²) in [5.74, 6) is -2.35. The molecule has 1 aromatic carbocycles. The van der Waals surface area contributed by atoms with Gasteiger partial charge in [0.1, 0.15) is 5.82 Å². The Morgan fingerprint density at radius 3 is 2.62 bits per heavy atom. The molecule has 2 rings (SSSR count). The molecule has 0 aliphatic heterocycles. The van der Waals surface area contributed by atoms with Crippen molar-refractivity contribution in [1.29, 1.82) is 0 Å². The van der Waals surface area contributed by atoms with E-state index in [0.717, 1.165) is 25.7 Å². The van der Waals surface area contributed by atoms with Gasteiger partial charge in [-0.05, 0) is 25.0 Å². The molecule has 3 N–H and O–H groups in total. The Morgan fingerprint density at radius 2 is 1.90 bits per heavy atom. The molecule has 21 heavy (non-hydrogen) atoms. The number of aliphatic hydroxyl groups is 1. The van der Waals surface area contributed by atoms with Crippen molar-refractivity contribution >= 4 is 17.5 Å². The number of benzene rings is 1. The number of para-hydroxylation sites is 1. The largest absolute Gasteiger partial charge is 0.393 e. The highest BCUT2D eigenvalue weighted by Crippen LogP contribution is 2.23. The number of halogens is 1. The lowest BCUT2D eigenvalue weighted by Gasteiger charge is -2.27. The molecule has 2 amide bonds. The van der Waals surface area contributed by atoms with Crippen molar-refractivity contribution in [2.75, 3.05) is 11.9 Å². The van der Waals surface area contributed by atoms with Gasteiger partial charge in [0, 0.05) is 12.5 Å². The Balaban J connectivity index is 1.83. The molecule has 1 fully saturated rings. The quantitative estimate of drug-likeness (QED) is 0.738. The fraction of sp³-hybridized carbons (Fsp3) is 0.467.